The molecular weight excluding hydrogens is 290 g/mol. The van der Waals surface area contributed by atoms with Crippen molar-refractivity contribution >= 4 is 12.4 Å². The molecule has 0 aliphatic rings. The number of aromatic nitrogens is 2. The predicted molar refractivity (Wildman–Crippen MR) is 84.1 cm³/mol. The first kappa shape index (κ1) is 17.5. The first-order valence-electron chi connectivity index (χ1n) is 6.85. The van der Waals surface area contributed by atoms with Crippen LogP contribution >= 0.6 is 12.4 Å². The molecule has 5 nitrogen and oxygen atoms in total. The summed E-state index contributed by atoms with van der Waals surface area (Å²) in [7, 11) is 1.92. The molecule has 0 saturated heterocycles. The highest BCUT2D eigenvalue weighted by Crippen LogP contribution is 2.12. The number of halogens is 1. The Morgan fingerprint density at radius 1 is 1.38 bits per heavy atom. The third-order valence-corrected chi connectivity index (χ3v) is 3.07. The maximum Gasteiger partial charge on any atom is 0.230 e. The van der Waals surface area contributed by atoms with Crippen LogP contribution in [0, 0.1) is 6.92 Å². The third-order valence-electron chi connectivity index (χ3n) is 3.07. The Bertz CT molecular complexity index is 545. The Hall–Kier alpha value is -1.59. The molecule has 6 heteroatoms. The molecule has 1 unspecified atom stereocenters. The van der Waals surface area contributed by atoms with Crippen molar-refractivity contribution in [2.45, 2.75) is 32.7 Å². The number of nitrogens with zero attached hydrogens (tertiary/aromatic N) is 2. The van der Waals surface area contributed by atoms with Gasteiger partial charge >= 0.3 is 0 Å². The van der Waals surface area contributed by atoms with Gasteiger partial charge in [0.25, 0.3) is 0 Å². The number of nitrogens with one attached hydrogen (secondary N) is 1. The highest BCUT2D eigenvalue weighted by Gasteiger charge is 2.09. The summed E-state index contributed by atoms with van der Waals surface area (Å²) in [6, 6.07) is 8.31. The fourth-order valence-electron chi connectivity index (χ4n) is 1.81. The molecule has 0 spiro atoms. The van der Waals surface area contributed by atoms with E-state index in [0.717, 1.165) is 18.0 Å². The summed E-state index contributed by atoms with van der Waals surface area (Å²) < 4.78 is 10.9. The van der Waals surface area contributed by atoms with E-state index in [1.165, 1.54) is 5.56 Å². The summed E-state index contributed by atoms with van der Waals surface area (Å²) in [6.07, 6.45) is 1.38. The van der Waals surface area contributed by atoms with Crippen LogP contribution in [0.25, 0.3) is 0 Å². The molecule has 0 saturated carbocycles. The first-order valence-corrected chi connectivity index (χ1v) is 6.85. The maximum absolute atomic E-state index is 5.66. The van der Waals surface area contributed by atoms with E-state index in [0.29, 0.717) is 25.0 Å². The van der Waals surface area contributed by atoms with E-state index in [1.807, 2.05) is 38.2 Å². The monoisotopic (exact) mass is 311 g/mol. The number of aryl methyl sites for hydroxylation is 1. The van der Waals surface area contributed by atoms with Gasteiger partial charge in [0, 0.05) is 12.5 Å². The molecule has 0 amide bonds. The molecule has 0 aliphatic heterocycles. The third kappa shape index (κ3) is 5.73. The van der Waals surface area contributed by atoms with Gasteiger partial charge < -0.3 is 14.6 Å². The van der Waals surface area contributed by atoms with Crippen LogP contribution in [0.2, 0.25) is 0 Å². The van der Waals surface area contributed by atoms with Crippen LogP contribution < -0.4 is 10.1 Å². The van der Waals surface area contributed by atoms with Crippen LogP contribution in [0.5, 0.6) is 5.75 Å². The topological polar surface area (TPSA) is 60.2 Å². The summed E-state index contributed by atoms with van der Waals surface area (Å²) >= 11 is 0. The summed E-state index contributed by atoms with van der Waals surface area (Å²) in [4.78, 5) is 4.35. The van der Waals surface area contributed by atoms with Crippen LogP contribution in [-0.4, -0.2) is 29.8 Å². The Morgan fingerprint density at radius 2 is 2.19 bits per heavy atom. The van der Waals surface area contributed by atoms with E-state index in [9.17, 15) is 0 Å². The minimum absolute atomic E-state index is 0. The second-order valence-corrected chi connectivity index (χ2v) is 4.91. The first-order chi connectivity index (χ1) is 9.67. The highest BCUT2D eigenvalue weighted by molar-refractivity contribution is 5.85. The van der Waals surface area contributed by atoms with Gasteiger partial charge in [-0.2, -0.15) is 4.98 Å². The average molecular weight is 312 g/mol. The summed E-state index contributed by atoms with van der Waals surface area (Å²) in [5, 5.41) is 7.11. The van der Waals surface area contributed by atoms with Crippen molar-refractivity contribution in [2.75, 3.05) is 13.7 Å². The van der Waals surface area contributed by atoms with Crippen molar-refractivity contribution in [3.63, 3.8) is 0 Å². The zero-order valence-corrected chi connectivity index (χ0v) is 13.4. The van der Waals surface area contributed by atoms with Gasteiger partial charge in [-0.1, -0.05) is 17.3 Å². The molecule has 1 atom stereocenters. The van der Waals surface area contributed by atoms with Crippen molar-refractivity contribution in [1.29, 1.82) is 0 Å². The average Bonchev–Trinajstić information content (AvgIpc) is 2.86. The van der Waals surface area contributed by atoms with Gasteiger partial charge in [0.15, 0.2) is 5.82 Å². The molecule has 21 heavy (non-hydrogen) atoms. The number of rotatable bonds is 7. The van der Waals surface area contributed by atoms with Crippen molar-refractivity contribution in [1.82, 2.24) is 15.5 Å². The number of hydrogen-bond donors (Lipinski definition) is 1. The summed E-state index contributed by atoms with van der Waals surface area (Å²) in [6.45, 7) is 4.66. The molecule has 0 bridgehead atoms. The summed E-state index contributed by atoms with van der Waals surface area (Å²) in [5.74, 6) is 2.22. The molecule has 1 aromatic heterocycles. The van der Waals surface area contributed by atoms with Crippen LogP contribution in [0.4, 0.5) is 0 Å². The number of likely N-dealkylation sites (N-methyl/N-ethyl adjacent to an activating group) is 1. The van der Waals surface area contributed by atoms with E-state index in [2.05, 4.69) is 22.4 Å². The molecule has 2 aromatic rings. The van der Waals surface area contributed by atoms with Crippen molar-refractivity contribution in [3.8, 4) is 5.75 Å². The Labute approximate surface area is 131 Å². The van der Waals surface area contributed by atoms with Crippen LogP contribution in [0.1, 0.15) is 24.2 Å². The molecular formula is C15H22ClN3O2. The molecule has 1 aromatic carbocycles. The second kappa shape index (κ2) is 8.64. The minimum atomic E-state index is 0. The largest absolute Gasteiger partial charge is 0.493 e. The molecule has 2 rings (SSSR count). The van der Waals surface area contributed by atoms with E-state index in [-0.39, 0.29) is 12.4 Å². The minimum Gasteiger partial charge on any atom is -0.493 e. The van der Waals surface area contributed by atoms with Crippen molar-refractivity contribution < 1.29 is 9.26 Å². The number of benzene rings is 1. The fourth-order valence-corrected chi connectivity index (χ4v) is 1.81. The summed E-state index contributed by atoms with van der Waals surface area (Å²) in [5.41, 5.74) is 1.18. The number of hydrogen-bond acceptors (Lipinski definition) is 5. The van der Waals surface area contributed by atoms with E-state index in [4.69, 9.17) is 9.26 Å². The van der Waals surface area contributed by atoms with Gasteiger partial charge in [-0.15, -0.1) is 12.4 Å². The van der Waals surface area contributed by atoms with Crippen LogP contribution in [0.15, 0.2) is 28.8 Å². The highest BCUT2D eigenvalue weighted by atomic mass is 35.5. The molecule has 1 N–H and O–H groups in total. The SMILES string of the molecule is CNC(C)Cc1noc(CCOc2cccc(C)c2)n1.Cl. The predicted octanol–water partition coefficient (Wildman–Crippen LogP) is 2.57. The standard InChI is InChI=1S/C15H21N3O2.ClH/c1-11-5-4-6-13(9-11)19-8-7-15-17-14(18-20-15)10-12(2)16-3;/h4-6,9,12,16H,7-8,10H2,1-3H3;1H. The lowest BCUT2D eigenvalue weighted by Gasteiger charge is -2.05. The van der Waals surface area contributed by atoms with Crippen molar-refractivity contribution in [2.24, 2.45) is 0 Å². The van der Waals surface area contributed by atoms with Crippen molar-refractivity contribution in [3.05, 3.63) is 41.5 Å². The van der Waals surface area contributed by atoms with E-state index < -0.39 is 0 Å². The molecule has 116 valence electrons. The zero-order valence-electron chi connectivity index (χ0n) is 12.6. The quantitative estimate of drug-likeness (QED) is 0.851. The van der Waals surface area contributed by atoms with Gasteiger partial charge in [0.2, 0.25) is 5.89 Å². The second-order valence-electron chi connectivity index (χ2n) is 4.91. The lowest BCUT2D eigenvalue weighted by atomic mass is 10.2. The Morgan fingerprint density at radius 3 is 2.90 bits per heavy atom. The molecule has 0 fully saturated rings. The Kier molecular flexibility index (Phi) is 7.19. The number of ether oxygens (including phenoxy) is 1. The molecule has 1 heterocycles. The van der Waals surface area contributed by atoms with Gasteiger partial charge in [0.05, 0.1) is 13.0 Å². The Balaban J connectivity index is 0.00000220. The molecule has 0 aliphatic carbocycles. The van der Waals surface area contributed by atoms with E-state index >= 15 is 0 Å². The smallest absolute Gasteiger partial charge is 0.230 e. The van der Waals surface area contributed by atoms with Gasteiger partial charge in [-0.05, 0) is 38.6 Å². The lowest BCUT2D eigenvalue weighted by molar-refractivity contribution is 0.291. The fraction of sp³-hybridized carbons (Fsp3) is 0.467. The van der Waals surface area contributed by atoms with Gasteiger partial charge in [0.1, 0.15) is 5.75 Å². The van der Waals surface area contributed by atoms with Gasteiger partial charge in [-0.3, -0.25) is 0 Å². The zero-order chi connectivity index (χ0) is 14.4. The van der Waals surface area contributed by atoms with Crippen LogP contribution in [-0.2, 0) is 12.8 Å². The van der Waals surface area contributed by atoms with Crippen LogP contribution in [0.3, 0.4) is 0 Å². The normalized spacial score (nSPS) is 11.8. The molecule has 0 radical (unpaired) electrons. The van der Waals surface area contributed by atoms with E-state index in [1.54, 1.807) is 0 Å². The maximum atomic E-state index is 5.66. The lowest BCUT2D eigenvalue weighted by Crippen LogP contribution is -2.24. The van der Waals surface area contributed by atoms with Gasteiger partial charge in [-0.25, -0.2) is 0 Å².